The van der Waals surface area contributed by atoms with E-state index in [2.05, 4.69) is 20.8 Å². The molecule has 1 heteroatoms. The summed E-state index contributed by atoms with van der Waals surface area (Å²) in [4.78, 5) is 0. The lowest BCUT2D eigenvalue weighted by molar-refractivity contribution is 0.509. The van der Waals surface area contributed by atoms with E-state index in [1.54, 1.807) is 0 Å². The third-order valence-corrected chi connectivity index (χ3v) is 2.55. The van der Waals surface area contributed by atoms with Crippen molar-refractivity contribution in [1.82, 2.24) is 0 Å². The molecule has 2 unspecified atom stereocenters. The van der Waals surface area contributed by atoms with Crippen molar-refractivity contribution in [2.24, 2.45) is 5.92 Å². The zero-order valence-electron chi connectivity index (χ0n) is 6.68. The lowest BCUT2D eigenvalue weighted by atomic mass is 10.0. The Morgan fingerprint density at radius 1 is 1.33 bits per heavy atom. The van der Waals surface area contributed by atoms with Gasteiger partial charge >= 0.3 is 0 Å². The number of hydrogen-bond donors (Lipinski definition) is 0. The molecule has 0 heterocycles. The maximum Gasteiger partial charge on any atom is 0.0177 e. The van der Waals surface area contributed by atoms with E-state index in [1.807, 2.05) is 0 Å². The van der Waals surface area contributed by atoms with Crippen LogP contribution in [0.15, 0.2) is 0 Å². The first kappa shape index (κ1) is 9.35. The Bertz CT molecular complexity index is 61.6. The predicted octanol–water partition coefficient (Wildman–Crippen LogP) is 3.40. The zero-order chi connectivity index (χ0) is 7.28. The van der Waals surface area contributed by atoms with Crippen LogP contribution in [0.5, 0.6) is 0 Å². The summed E-state index contributed by atoms with van der Waals surface area (Å²) in [5.74, 6) is 0.736. The summed E-state index contributed by atoms with van der Waals surface area (Å²) in [6.07, 6.45) is 3.68. The Kier molecular flexibility index (Phi) is 5.36. The summed E-state index contributed by atoms with van der Waals surface area (Å²) in [5.41, 5.74) is 0. The number of hydrogen-bond acceptors (Lipinski definition) is 0. The summed E-state index contributed by atoms with van der Waals surface area (Å²) < 4.78 is 0. The summed E-state index contributed by atoms with van der Waals surface area (Å²) in [6, 6.07) is 0. The molecule has 0 aromatic rings. The minimum absolute atomic E-state index is 0.514. The molecule has 0 fully saturated rings. The lowest BCUT2D eigenvalue weighted by Crippen LogP contribution is -2.09. The summed E-state index contributed by atoms with van der Waals surface area (Å²) in [6.45, 7) is 6.65. The van der Waals surface area contributed by atoms with E-state index < -0.39 is 0 Å². The largest absolute Gasteiger partial charge is 0.0902 e. The second-order valence-electron chi connectivity index (χ2n) is 2.71. The molecule has 9 heavy (non-hydrogen) atoms. The highest BCUT2D eigenvalue weighted by Gasteiger charge is 2.09. The molecule has 0 spiro atoms. The molecule has 0 nitrogen and oxygen atoms in total. The van der Waals surface area contributed by atoms with Crippen LogP contribution in [-0.2, 0) is 0 Å². The van der Waals surface area contributed by atoms with Gasteiger partial charge in [-0.3, -0.25) is 0 Å². The molecule has 0 aliphatic heterocycles. The molecule has 0 saturated carbocycles. The highest BCUT2D eigenvalue weighted by Crippen LogP contribution is 2.17. The average molecular weight is 145 g/mol. The molecular weight excluding hydrogens is 128 g/mol. The average Bonchev–Trinajstić information content (AvgIpc) is 1.87. The van der Waals surface area contributed by atoms with Crippen molar-refractivity contribution in [2.75, 3.05) is 0 Å². The fourth-order valence-electron chi connectivity index (χ4n) is 0.832. The Balaban J connectivity index is 3.32. The molecule has 0 aliphatic rings. The van der Waals surface area contributed by atoms with Gasteiger partial charge in [0.25, 0.3) is 0 Å². The van der Waals surface area contributed by atoms with E-state index >= 15 is 0 Å². The third kappa shape index (κ3) is 3.85. The predicted molar refractivity (Wildman–Crippen MR) is 45.7 cm³/mol. The zero-order valence-corrected chi connectivity index (χ0v) is 7.50. The monoisotopic (exact) mass is 145 g/mol. The van der Waals surface area contributed by atoms with E-state index in [4.69, 9.17) is 12.6 Å². The summed E-state index contributed by atoms with van der Waals surface area (Å²) >= 11 is 5.26. The number of rotatable bonds is 4. The molecule has 0 saturated heterocycles. The standard InChI is InChI=1S/C8H17S/c1-4-6-8(9)7(3)5-2/h7-8H,4-6H2,1-3H3. The van der Waals surface area contributed by atoms with Crippen molar-refractivity contribution in [3.63, 3.8) is 0 Å². The summed E-state index contributed by atoms with van der Waals surface area (Å²) in [5, 5.41) is 0.514. The van der Waals surface area contributed by atoms with Crippen molar-refractivity contribution in [2.45, 2.75) is 45.3 Å². The van der Waals surface area contributed by atoms with Crippen molar-refractivity contribution >= 4 is 12.6 Å². The maximum atomic E-state index is 5.26. The van der Waals surface area contributed by atoms with Crippen molar-refractivity contribution in [3.05, 3.63) is 0 Å². The minimum Gasteiger partial charge on any atom is -0.0902 e. The quantitative estimate of drug-likeness (QED) is 0.569. The Morgan fingerprint density at radius 2 is 1.89 bits per heavy atom. The van der Waals surface area contributed by atoms with Gasteiger partial charge in [0.05, 0.1) is 0 Å². The summed E-state index contributed by atoms with van der Waals surface area (Å²) in [7, 11) is 0. The van der Waals surface area contributed by atoms with Crippen LogP contribution in [0.2, 0.25) is 0 Å². The van der Waals surface area contributed by atoms with E-state index in [0.29, 0.717) is 5.25 Å². The van der Waals surface area contributed by atoms with Gasteiger partial charge in [-0.2, -0.15) is 0 Å². The van der Waals surface area contributed by atoms with Crippen LogP contribution in [0.1, 0.15) is 40.0 Å². The molecule has 0 aromatic carbocycles. The normalized spacial score (nSPS) is 17.3. The van der Waals surface area contributed by atoms with E-state index in [9.17, 15) is 0 Å². The molecule has 2 atom stereocenters. The van der Waals surface area contributed by atoms with Gasteiger partial charge in [-0.15, -0.1) is 0 Å². The maximum absolute atomic E-state index is 5.26. The van der Waals surface area contributed by atoms with Crippen LogP contribution in [0.4, 0.5) is 0 Å². The van der Waals surface area contributed by atoms with Crippen molar-refractivity contribution < 1.29 is 0 Å². The van der Waals surface area contributed by atoms with Gasteiger partial charge < -0.3 is 0 Å². The molecule has 0 bridgehead atoms. The SMILES string of the molecule is CCCC([S])C(C)CC. The van der Waals surface area contributed by atoms with Crippen LogP contribution in [0.25, 0.3) is 0 Å². The van der Waals surface area contributed by atoms with Crippen molar-refractivity contribution in [1.29, 1.82) is 0 Å². The van der Waals surface area contributed by atoms with Gasteiger partial charge in [0, 0.05) is 5.25 Å². The van der Waals surface area contributed by atoms with Gasteiger partial charge in [0.2, 0.25) is 0 Å². The first-order valence-electron chi connectivity index (χ1n) is 3.88. The van der Waals surface area contributed by atoms with Crippen LogP contribution in [0, 0.1) is 5.92 Å². The van der Waals surface area contributed by atoms with Crippen LogP contribution < -0.4 is 0 Å². The molecule has 0 rings (SSSR count). The second-order valence-corrected chi connectivity index (χ2v) is 3.32. The second kappa shape index (κ2) is 5.16. The molecule has 0 N–H and O–H groups in total. The van der Waals surface area contributed by atoms with E-state index in [1.165, 1.54) is 19.3 Å². The Labute approximate surface area is 64.4 Å². The van der Waals surface area contributed by atoms with E-state index in [-0.39, 0.29) is 0 Å². The fraction of sp³-hybridized carbons (Fsp3) is 1.00. The Hall–Kier alpha value is 0.350. The lowest BCUT2D eigenvalue weighted by Gasteiger charge is -2.14. The van der Waals surface area contributed by atoms with Crippen LogP contribution in [-0.4, -0.2) is 5.25 Å². The first-order valence-corrected chi connectivity index (χ1v) is 4.35. The molecule has 0 aromatic heterocycles. The van der Waals surface area contributed by atoms with Gasteiger partial charge in [0.1, 0.15) is 0 Å². The first-order chi connectivity index (χ1) is 4.22. The van der Waals surface area contributed by atoms with Gasteiger partial charge in [-0.05, 0) is 12.3 Å². The fourth-order valence-corrected chi connectivity index (χ4v) is 1.26. The van der Waals surface area contributed by atoms with Crippen molar-refractivity contribution in [3.8, 4) is 0 Å². The van der Waals surface area contributed by atoms with Crippen LogP contribution >= 0.6 is 12.6 Å². The van der Waals surface area contributed by atoms with Gasteiger partial charge in [-0.25, -0.2) is 0 Å². The minimum atomic E-state index is 0.514. The third-order valence-electron chi connectivity index (χ3n) is 1.85. The Morgan fingerprint density at radius 3 is 2.22 bits per heavy atom. The molecular formula is C8H17S. The molecule has 0 amide bonds. The molecule has 55 valence electrons. The topological polar surface area (TPSA) is 0 Å². The van der Waals surface area contributed by atoms with Gasteiger partial charge in [0.15, 0.2) is 0 Å². The van der Waals surface area contributed by atoms with Crippen LogP contribution in [0.3, 0.4) is 0 Å². The molecule has 0 aliphatic carbocycles. The highest BCUT2D eigenvalue weighted by molar-refractivity contribution is 7.81. The smallest absolute Gasteiger partial charge is 0.0177 e. The highest BCUT2D eigenvalue weighted by atomic mass is 32.1. The van der Waals surface area contributed by atoms with E-state index in [0.717, 1.165) is 5.92 Å². The van der Waals surface area contributed by atoms with Gasteiger partial charge in [-0.1, -0.05) is 46.2 Å². The molecule has 1 radical (unpaired) electrons.